The van der Waals surface area contributed by atoms with E-state index in [2.05, 4.69) is 9.72 Å². The number of morpholine rings is 1. The minimum Gasteiger partial charge on any atom is -0.467 e. The van der Waals surface area contributed by atoms with Gasteiger partial charge in [0.25, 0.3) is 0 Å². The van der Waals surface area contributed by atoms with Gasteiger partial charge in [-0.25, -0.2) is 9.78 Å². The van der Waals surface area contributed by atoms with Crippen LogP contribution in [0.15, 0.2) is 18.3 Å². The maximum atomic E-state index is 11.4. The van der Waals surface area contributed by atoms with Crippen LogP contribution < -0.4 is 4.90 Å². The highest BCUT2D eigenvalue weighted by molar-refractivity contribution is 6.32. The first-order chi connectivity index (χ1) is 8.22. The zero-order valence-electron chi connectivity index (χ0n) is 9.43. The standard InChI is InChI=1S/C11H13ClN2O3/c1-16-11(15)9-7-14(5-6-17-9)10-8(12)3-2-4-13-10/h2-4,9H,5-7H2,1H3. The van der Waals surface area contributed by atoms with E-state index in [1.54, 1.807) is 18.3 Å². The first kappa shape index (κ1) is 12.1. The van der Waals surface area contributed by atoms with E-state index in [1.165, 1.54) is 7.11 Å². The molecule has 2 rings (SSSR count). The first-order valence-corrected chi connectivity index (χ1v) is 5.65. The van der Waals surface area contributed by atoms with E-state index in [-0.39, 0.29) is 5.97 Å². The molecule has 0 N–H and O–H groups in total. The molecule has 1 aliphatic rings. The molecular formula is C11H13ClN2O3. The van der Waals surface area contributed by atoms with E-state index in [9.17, 15) is 4.79 Å². The number of ether oxygens (including phenoxy) is 2. The molecule has 92 valence electrons. The summed E-state index contributed by atoms with van der Waals surface area (Å²) in [5.41, 5.74) is 0. The average molecular weight is 257 g/mol. The summed E-state index contributed by atoms with van der Waals surface area (Å²) >= 11 is 6.06. The Morgan fingerprint density at radius 3 is 3.24 bits per heavy atom. The lowest BCUT2D eigenvalue weighted by molar-refractivity contribution is -0.154. The molecule has 1 saturated heterocycles. The van der Waals surface area contributed by atoms with Crippen molar-refractivity contribution in [3.8, 4) is 0 Å². The number of hydrogen-bond donors (Lipinski definition) is 0. The predicted molar refractivity (Wildman–Crippen MR) is 63.2 cm³/mol. The molecule has 1 aliphatic heterocycles. The molecule has 0 amide bonds. The third-order valence-electron chi connectivity index (χ3n) is 2.57. The van der Waals surface area contributed by atoms with Gasteiger partial charge in [0.1, 0.15) is 5.82 Å². The Labute approximate surface area is 104 Å². The minimum atomic E-state index is -0.577. The van der Waals surface area contributed by atoms with Crippen molar-refractivity contribution in [2.45, 2.75) is 6.10 Å². The van der Waals surface area contributed by atoms with Crippen molar-refractivity contribution in [3.05, 3.63) is 23.4 Å². The highest BCUT2D eigenvalue weighted by Gasteiger charge is 2.28. The number of aromatic nitrogens is 1. The maximum Gasteiger partial charge on any atom is 0.336 e. The van der Waals surface area contributed by atoms with Gasteiger partial charge in [0.2, 0.25) is 0 Å². The quantitative estimate of drug-likeness (QED) is 0.742. The fourth-order valence-electron chi connectivity index (χ4n) is 1.73. The molecule has 0 bridgehead atoms. The second-order valence-electron chi connectivity index (χ2n) is 3.64. The van der Waals surface area contributed by atoms with Crippen LogP contribution >= 0.6 is 11.6 Å². The van der Waals surface area contributed by atoms with Gasteiger partial charge >= 0.3 is 5.97 Å². The van der Waals surface area contributed by atoms with Crippen LogP contribution in [0.1, 0.15) is 0 Å². The molecule has 6 heteroatoms. The van der Waals surface area contributed by atoms with Gasteiger partial charge in [-0.2, -0.15) is 0 Å². The molecule has 0 saturated carbocycles. The summed E-state index contributed by atoms with van der Waals surface area (Å²) in [7, 11) is 1.35. The minimum absolute atomic E-state index is 0.373. The zero-order chi connectivity index (χ0) is 12.3. The van der Waals surface area contributed by atoms with E-state index < -0.39 is 6.10 Å². The molecule has 0 aromatic carbocycles. The fourth-order valence-corrected chi connectivity index (χ4v) is 1.97. The molecule has 1 unspecified atom stereocenters. The summed E-state index contributed by atoms with van der Waals surface area (Å²) in [5.74, 6) is 0.299. The van der Waals surface area contributed by atoms with E-state index in [0.29, 0.717) is 30.5 Å². The van der Waals surface area contributed by atoms with Crippen molar-refractivity contribution in [2.24, 2.45) is 0 Å². The van der Waals surface area contributed by atoms with Gasteiger partial charge in [0, 0.05) is 12.7 Å². The Kier molecular flexibility index (Phi) is 3.81. The van der Waals surface area contributed by atoms with Crippen molar-refractivity contribution in [2.75, 3.05) is 31.7 Å². The van der Waals surface area contributed by atoms with Gasteiger partial charge in [0.05, 0.1) is 25.3 Å². The van der Waals surface area contributed by atoms with Gasteiger partial charge in [-0.05, 0) is 12.1 Å². The van der Waals surface area contributed by atoms with Crippen LogP contribution in [0.5, 0.6) is 0 Å². The molecule has 1 atom stereocenters. The summed E-state index contributed by atoms with van der Waals surface area (Å²) in [5, 5.41) is 0.568. The van der Waals surface area contributed by atoms with Gasteiger partial charge < -0.3 is 14.4 Å². The zero-order valence-corrected chi connectivity index (χ0v) is 10.2. The lowest BCUT2D eigenvalue weighted by Gasteiger charge is -2.32. The number of hydrogen-bond acceptors (Lipinski definition) is 5. The van der Waals surface area contributed by atoms with E-state index in [4.69, 9.17) is 16.3 Å². The summed E-state index contributed by atoms with van der Waals surface area (Å²) in [6, 6.07) is 3.54. The fraction of sp³-hybridized carbons (Fsp3) is 0.455. The van der Waals surface area contributed by atoms with Crippen LogP contribution in [0.3, 0.4) is 0 Å². The molecule has 2 heterocycles. The lowest BCUT2D eigenvalue weighted by atomic mass is 10.2. The molecule has 0 aliphatic carbocycles. The Morgan fingerprint density at radius 2 is 2.53 bits per heavy atom. The van der Waals surface area contributed by atoms with E-state index >= 15 is 0 Å². The number of nitrogens with zero attached hydrogens (tertiary/aromatic N) is 2. The molecular weight excluding hydrogens is 244 g/mol. The Hall–Kier alpha value is -1.33. The third kappa shape index (κ3) is 2.68. The second kappa shape index (κ2) is 5.33. The first-order valence-electron chi connectivity index (χ1n) is 5.27. The second-order valence-corrected chi connectivity index (χ2v) is 4.04. The van der Waals surface area contributed by atoms with Crippen LogP contribution in [0.4, 0.5) is 5.82 Å². The smallest absolute Gasteiger partial charge is 0.336 e. The Balaban J connectivity index is 2.12. The monoisotopic (exact) mass is 256 g/mol. The predicted octanol–water partition coefficient (Wildman–Crippen LogP) is 1.11. The van der Waals surface area contributed by atoms with Gasteiger partial charge in [-0.15, -0.1) is 0 Å². The molecule has 0 radical (unpaired) electrons. The summed E-state index contributed by atoms with van der Waals surface area (Å²) in [6.07, 6.45) is 1.09. The largest absolute Gasteiger partial charge is 0.467 e. The average Bonchev–Trinajstić information content (AvgIpc) is 2.38. The van der Waals surface area contributed by atoms with Gasteiger partial charge in [0.15, 0.2) is 6.10 Å². The number of halogens is 1. The lowest BCUT2D eigenvalue weighted by Crippen LogP contribution is -2.47. The molecule has 1 aromatic rings. The van der Waals surface area contributed by atoms with Crippen molar-refractivity contribution in [1.29, 1.82) is 0 Å². The number of anilines is 1. The summed E-state index contributed by atoms with van der Waals surface area (Å²) < 4.78 is 10.00. The summed E-state index contributed by atoms with van der Waals surface area (Å²) in [4.78, 5) is 17.5. The van der Waals surface area contributed by atoms with Crippen LogP contribution in [0.2, 0.25) is 5.02 Å². The van der Waals surface area contributed by atoms with Gasteiger partial charge in [-0.1, -0.05) is 11.6 Å². The topological polar surface area (TPSA) is 51.7 Å². The Morgan fingerprint density at radius 1 is 1.71 bits per heavy atom. The van der Waals surface area contributed by atoms with Crippen molar-refractivity contribution >= 4 is 23.4 Å². The van der Waals surface area contributed by atoms with Crippen molar-refractivity contribution < 1.29 is 14.3 Å². The Bertz CT molecular complexity index is 413. The normalized spacial score (nSPS) is 20.1. The molecule has 0 spiro atoms. The number of carbonyl (C=O) groups is 1. The van der Waals surface area contributed by atoms with Crippen molar-refractivity contribution in [1.82, 2.24) is 4.98 Å². The summed E-state index contributed by atoms with van der Waals surface area (Å²) in [6.45, 7) is 1.51. The maximum absolute atomic E-state index is 11.4. The number of methoxy groups -OCH3 is 1. The van der Waals surface area contributed by atoms with Gasteiger partial charge in [-0.3, -0.25) is 0 Å². The SMILES string of the molecule is COC(=O)C1CN(c2ncccc2Cl)CCO1. The van der Waals surface area contributed by atoms with Crippen LogP contribution in [0.25, 0.3) is 0 Å². The molecule has 1 fully saturated rings. The van der Waals surface area contributed by atoms with E-state index in [1.807, 2.05) is 4.90 Å². The van der Waals surface area contributed by atoms with Crippen LogP contribution in [-0.4, -0.2) is 43.9 Å². The van der Waals surface area contributed by atoms with Crippen molar-refractivity contribution in [3.63, 3.8) is 0 Å². The molecule has 5 nitrogen and oxygen atoms in total. The number of esters is 1. The molecule has 17 heavy (non-hydrogen) atoms. The van der Waals surface area contributed by atoms with E-state index in [0.717, 1.165) is 0 Å². The number of pyridine rings is 1. The van der Waals surface area contributed by atoms with Crippen LogP contribution in [-0.2, 0) is 14.3 Å². The molecule has 1 aromatic heterocycles. The third-order valence-corrected chi connectivity index (χ3v) is 2.86. The highest BCUT2D eigenvalue weighted by Crippen LogP contribution is 2.24. The van der Waals surface area contributed by atoms with Crippen LogP contribution in [0, 0.1) is 0 Å². The number of carbonyl (C=O) groups excluding carboxylic acids is 1. The number of rotatable bonds is 2. The highest BCUT2D eigenvalue weighted by atomic mass is 35.5.